The number of esters is 1. The van der Waals surface area contributed by atoms with E-state index in [1.54, 1.807) is 19.1 Å². The fraction of sp³-hybridized carbons (Fsp3) is 0.273. The third-order valence-electron chi connectivity index (χ3n) is 2.02. The highest BCUT2D eigenvalue weighted by atomic mass is 16.5. The minimum absolute atomic E-state index is 0.182. The van der Waals surface area contributed by atoms with Crippen LogP contribution in [0.3, 0.4) is 0 Å². The number of aryl methyl sites for hydroxylation is 1. The van der Waals surface area contributed by atoms with Gasteiger partial charge in [-0.25, -0.2) is 4.79 Å². The van der Waals surface area contributed by atoms with Gasteiger partial charge in [0.2, 0.25) is 0 Å². The monoisotopic (exact) mass is 208 g/mol. The Bertz CT molecular complexity index is 396. The van der Waals surface area contributed by atoms with Gasteiger partial charge in [-0.3, -0.25) is 4.79 Å². The minimum Gasteiger partial charge on any atom is -0.478 e. The quantitative estimate of drug-likeness (QED) is 0.768. The number of rotatable bonds is 3. The van der Waals surface area contributed by atoms with E-state index in [9.17, 15) is 9.59 Å². The molecule has 0 amide bonds. The van der Waals surface area contributed by atoms with E-state index in [-0.39, 0.29) is 18.1 Å². The van der Waals surface area contributed by atoms with Crippen LogP contribution in [0.1, 0.15) is 28.4 Å². The summed E-state index contributed by atoms with van der Waals surface area (Å²) >= 11 is 0. The second kappa shape index (κ2) is 4.59. The second-order valence-electron chi connectivity index (χ2n) is 3.23. The summed E-state index contributed by atoms with van der Waals surface area (Å²) in [7, 11) is 0. The SMILES string of the molecule is CC(=O)OCc1ccc(C(=O)O)cc1C. The number of carboxylic acids is 1. The summed E-state index contributed by atoms with van der Waals surface area (Å²) in [5, 5.41) is 8.73. The van der Waals surface area contributed by atoms with E-state index in [0.717, 1.165) is 11.1 Å². The largest absolute Gasteiger partial charge is 0.478 e. The molecule has 1 rings (SSSR count). The van der Waals surface area contributed by atoms with Crippen LogP contribution in [0.25, 0.3) is 0 Å². The molecule has 0 heterocycles. The average Bonchev–Trinajstić information content (AvgIpc) is 2.15. The lowest BCUT2D eigenvalue weighted by atomic mass is 10.1. The first kappa shape index (κ1) is 11.2. The lowest BCUT2D eigenvalue weighted by Gasteiger charge is -2.06. The predicted octanol–water partition coefficient (Wildman–Crippen LogP) is 1.76. The Hall–Kier alpha value is -1.84. The molecule has 1 N–H and O–H groups in total. The van der Waals surface area contributed by atoms with E-state index >= 15 is 0 Å². The van der Waals surface area contributed by atoms with Gasteiger partial charge in [0.05, 0.1) is 5.56 Å². The van der Waals surface area contributed by atoms with Crippen molar-refractivity contribution in [3.05, 3.63) is 34.9 Å². The number of carbonyl (C=O) groups excluding carboxylic acids is 1. The van der Waals surface area contributed by atoms with Crippen LogP contribution >= 0.6 is 0 Å². The molecule has 4 heteroatoms. The van der Waals surface area contributed by atoms with Crippen molar-refractivity contribution in [1.29, 1.82) is 0 Å². The lowest BCUT2D eigenvalue weighted by molar-refractivity contribution is -0.142. The van der Waals surface area contributed by atoms with Crippen LogP contribution in [0.2, 0.25) is 0 Å². The molecule has 15 heavy (non-hydrogen) atoms. The highest BCUT2D eigenvalue weighted by Gasteiger charge is 2.06. The van der Waals surface area contributed by atoms with Gasteiger partial charge in [-0.05, 0) is 30.2 Å². The molecule has 0 fully saturated rings. The number of aromatic carboxylic acids is 1. The molecule has 0 aliphatic carbocycles. The Kier molecular flexibility index (Phi) is 3.44. The maximum Gasteiger partial charge on any atom is 0.335 e. The number of hydrogen-bond acceptors (Lipinski definition) is 3. The maximum atomic E-state index is 10.6. The minimum atomic E-state index is -0.961. The van der Waals surface area contributed by atoms with Gasteiger partial charge in [0.15, 0.2) is 0 Å². The van der Waals surface area contributed by atoms with Gasteiger partial charge in [-0.15, -0.1) is 0 Å². The van der Waals surface area contributed by atoms with Crippen LogP contribution in [0.5, 0.6) is 0 Å². The zero-order chi connectivity index (χ0) is 11.4. The first-order chi connectivity index (χ1) is 7.00. The summed E-state index contributed by atoms with van der Waals surface area (Å²) in [6, 6.07) is 4.71. The summed E-state index contributed by atoms with van der Waals surface area (Å²) in [6.45, 7) is 3.30. The molecule has 1 aromatic carbocycles. The highest BCUT2D eigenvalue weighted by molar-refractivity contribution is 5.87. The molecule has 0 radical (unpaired) electrons. The zero-order valence-corrected chi connectivity index (χ0v) is 8.61. The number of hydrogen-bond donors (Lipinski definition) is 1. The molecule has 0 atom stereocenters. The van der Waals surface area contributed by atoms with E-state index in [1.807, 2.05) is 0 Å². The molecule has 0 saturated heterocycles. The van der Waals surface area contributed by atoms with E-state index in [0.29, 0.717) is 0 Å². The van der Waals surface area contributed by atoms with Crippen LogP contribution in [0, 0.1) is 6.92 Å². The van der Waals surface area contributed by atoms with Gasteiger partial charge >= 0.3 is 11.9 Å². The van der Waals surface area contributed by atoms with Gasteiger partial charge in [-0.2, -0.15) is 0 Å². The Morgan fingerprint density at radius 1 is 1.40 bits per heavy atom. The van der Waals surface area contributed by atoms with Crippen LogP contribution < -0.4 is 0 Å². The molecule has 1 aromatic rings. The van der Waals surface area contributed by atoms with E-state index in [1.165, 1.54) is 13.0 Å². The summed E-state index contributed by atoms with van der Waals surface area (Å²) in [5.41, 5.74) is 1.85. The second-order valence-corrected chi connectivity index (χ2v) is 3.23. The fourth-order valence-corrected chi connectivity index (χ4v) is 1.17. The van der Waals surface area contributed by atoms with Gasteiger partial charge < -0.3 is 9.84 Å². The summed E-state index contributed by atoms with van der Waals surface area (Å²) in [5.74, 6) is -1.31. The van der Waals surface area contributed by atoms with Crippen LogP contribution in [0.15, 0.2) is 18.2 Å². The summed E-state index contributed by atoms with van der Waals surface area (Å²) < 4.78 is 4.82. The van der Waals surface area contributed by atoms with Crippen molar-refractivity contribution in [2.45, 2.75) is 20.5 Å². The molecular weight excluding hydrogens is 196 g/mol. The topological polar surface area (TPSA) is 63.6 Å². The molecule has 0 aliphatic heterocycles. The summed E-state index contributed by atoms with van der Waals surface area (Å²) in [6.07, 6.45) is 0. The normalized spacial score (nSPS) is 9.73. The van der Waals surface area contributed by atoms with Gasteiger partial charge in [-0.1, -0.05) is 6.07 Å². The Balaban J connectivity index is 2.83. The van der Waals surface area contributed by atoms with Crippen LogP contribution in [0.4, 0.5) is 0 Å². The number of carboxylic acid groups (broad SMARTS) is 1. The van der Waals surface area contributed by atoms with Crippen LogP contribution in [-0.4, -0.2) is 17.0 Å². The van der Waals surface area contributed by atoms with Crippen LogP contribution in [-0.2, 0) is 16.1 Å². The van der Waals surface area contributed by atoms with Crippen molar-refractivity contribution in [2.24, 2.45) is 0 Å². The van der Waals surface area contributed by atoms with Gasteiger partial charge in [0.25, 0.3) is 0 Å². The lowest BCUT2D eigenvalue weighted by Crippen LogP contribution is -2.02. The molecule has 80 valence electrons. The first-order valence-electron chi connectivity index (χ1n) is 4.47. The fourth-order valence-electron chi connectivity index (χ4n) is 1.17. The Labute approximate surface area is 87.5 Å². The predicted molar refractivity (Wildman–Crippen MR) is 53.6 cm³/mol. The first-order valence-corrected chi connectivity index (χ1v) is 4.47. The third kappa shape index (κ3) is 3.09. The van der Waals surface area contributed by atoms with E-state index in [2.05, 4.69) is 0 Å². The number of carbonyl (C=O) groups is 2. The van der Waals surface area contributed by atoms with Crippen molar-refractivity contribution in [3.8, 4) is 0 Å². The average molecular weight is 208 g/mol. The van der Waals surface area contributed by atoms with E-state index < -0.39 is 5.97 Å². The van der Waals surface area contributed by atoms with E-state index in [4.69, 9.17) is 9.84 Å². The molecular formula is C11H12O4. The maximum absolute atomic E-state index is 10.6. The highest BCUT2D eigenvalue weighted by Crippen LogP contribution is 2.12. The standard InChI is InChI=1S/C11H12O4/c1-7-5-9(11(13)14)3-4-10(7)6-15-8(2)12/h3-5H,6H2,1-2H3,(H,13,14). The smallest absolute Gasteiger partial charge is 0.335 e. The Morgan fingerprint density at radius 3 is 2.53 bits per heavy atom. The van der Waals surface area contributed by atoms with Crippen molar-refractivity contribution >= 4 is 11.9 Å². The molecule has 0 spiro atoms. The molecule has 0 aliphatic rings. The zero-order valence-electron chi connectivity index (χ0n) is 8.61. The molecule has 4 nitrogen and oxygen atoms in total. The summed E-state index contributed by atoms with van der Waals surface area (Å²) in [4.78, 5) is 21.2. The molecule has 0 unspecified atom stereocenters. The van der Waals surface area contributed by atoms with Crippen molar-refractivity contribution < 1.29 is 19.4 Å². The van der Waals surface area contributed by atoms with Crippen molar-refractivity contribution in [3.63, 3.8) is 0 Å². The van der Waals surface area contributed by atoms with Gasteiger partial charge in [0, 0.05) is 6.92 Å². The molecule has 0 saturated carbocycles. The van der Waals surface area contributed by atoms with Crippen molar-refractivity contribution in [2.75, 3.05) is 0 Å². The molecule has 0 bridgehead atoms. The van der Waals surface area contributed by atoms with Gasteiger partial charge in [0.1, 0.15) is 6.61 Å². The third-order valence-corrected chi connectivity index (χ3v) is 2.02. The molecule has 0 aromatic heterocycles. The Morgan fingerprint density at radius 2 is 2.07 bits per heavy atom. The number of ether oxygens (including phenoxy) is 1. The number of benzene rings is 1. The van der Waals surface area contributed by atoms with Crippen molar-refractivity contribution in [1.82, 2.24) is 0 Å².